The highest BCUT2D eigenvalue weighted by atomic mass is 16.6. The average molecular weight is 581 g/mol. The zero-order valence-electron chi connectivity index (χ0n) is 26.4. The van der Waals surface area contributed by atoms with Gasteiger partial charge in [0.15, 0.2) is 0 Å². The Labute approximate surface area is 250 Å². The first kappa shape index (κ1) is 32.1. The van der Waals surface area contributed by atoms with Crippen LogP contribution in [0.4, 0.5) is 0 Å². The number of esters is 1. The first-order chi connectivity index (χ1) is 19.6. The van der Waals surface area contributed by atoms with Gasteiger partial charge in [-0.05, 0) is 75.8 Å². The van der Waals surface area contributed by atoms with Crippen LogP contribution in [0.5, 0.6) is 0 Å². The molecule has 2 fully saturated rings. The third-order valence-corrected chi connectivity index (χ3v) is 9.50. The van der Waals surface area contributed by atoms with Gasteiger partial charge in [-0.2, -0.15) is 5.10 Å². The highest BCUT2D eigenvalue weighted by molar-refractivity contribution is 5.88. The molecular weight excluding hydrogens is 532 g/mol. The fourth-order valence-electron chi connectivity index (χ4n) is 6.23. The van der Waals surface area contributed by atoms with Crippen LogP contribution in [0.15, 0.2) is 36.0 Å². The van der Waals surface area contributed by atoms with Crippen molar-refractivity contribution >= 4 is 17.8 Å². The van der Waals surface area contributed by atoms with Crippen LogP contribution in [0, 0.1) is 31.1 Å². The van der Waals surface area contributed by atoms with Gasteiger partial charge in [0.2, 0.25) is 0 Å². The summed E-state index contributed by atoms with van der Waals surface area (Å²) in [5, 5.41) is 26.7. The Morgan fingerprint density at radius 2 is 1.83 bits per heavy atom. The van der Waals surface area contributed by atoms with E-state index in [0.29, 0.717) is 6.42 Å². The van der Waals surface area contributed by atoms with Crippen molar-refractivity contribution in [2.75, 3.05) is 0 Å². The summed E-state index contributed by atoms with van der Waals surface area (Å²) < 4.78 is 13.9. The lowest BCUT2D eigenvalue weighted by Crippen LogP contribution is -2.45. The summed E-state index contributed by atoms with van der Waals surface area (Å²) in [5.74, 6) is -1.61. The van der Waals surface area contributed by atoms with Crippen LogP contribution in [0.1, 0.15) is 90.5 Å². The summed E-state index contributed by atoms with van der Waals surface area (Å²) in [6, 6.07) is 8.15. The van der Waals surface area contributed by atoms with Crippen LogP contribution >= 0.6 is 0 Å². The molecule has 1 aromatic carbocycles. The molecule has 0 saturated carbocycles. The number of hydrogen-bond acceptors (Lipinski definition) is 7. The highest BCUT2D eigenvalue weighted by Crippen LogP contribution is 2.45. The molecule has 0 radical (unpaired) electrons. The molecule has 8 nitrogen and oxygen atoms in total. The van der Waals surface area contributed by atoms with Crippen molar-refractivity contribution in [2.45, 2.75) is 118 Å². The van der Waals surface area contributed by atoms with Gasteiger partial charge in [-0.3, -0.25) is 9.59 Å². The number of aryl methyl sites for hydroxylation is 2. The zero-order chi connectivity index (χ0) is 31.0. The van der Waals surface area contributed by atoms with Gasteiger partial charge in [-0.25, -0.2) is 4.68 Å². The van der Waals surface area contributed by atoms with Crippen LogP contribution in [-0.2, 0) is 19.1 Å². The fraction of sp³-hybridized carbons (Fsp3) is 0.618. The van der Waals surface area contributed by atoms with Gasteiger partial charge in [0, 0.05) is 18.5 Å². The lowest BCUT2D eigenvalue weighted by Gasteiger charge is -2.34. The van der Waals surface area contributed by atoms with Crippen molar-refractivity contribution in [1.82, 2.24) is 9.78 Å². The molecule has 2 aliphatic heterocycles. The third-order valence-electron chi connectivity index (χ3n) is 9.50. The zero-order valence-corrected chi connectivity index (χ0v) is 26.4. The lowest BCUT2D eigenvalue weighted by molar-refractivity contribution is -0.154. The van der Waals surface area contributed by atoms with Crippen molar-refractivity contribution in [1.29, 1.82) is 0 Å². The average Bonchev–Trinajstić information content (AvgIpc) is 3.31. The molecule has 0 spiro atoms. The number of benzene rings is 1. The van der Waals surface area contributed by atoms with Crippen LogP contribution in [0.3, 0.4) is 0 Å². The maximum Gasteiger partial charge on any atom is 0.309 e. The number of nitrogens with zero attached hydrogens (tertiary/aromatic N) is 2. The maximum atomic E-state index is 13.4. The predicted octanol–water partition coefficient (Wildman–Crippen LogP) is 5.52. The van der Waals surface area contributed by atoms with Crippen molar-refractivity contribution in [3.8, 4) is 5.69 Å². The van der Waals surface area contributed by atoms with Crippen LogP contribution in [-0.4, -0.2) is 61.8 Å². The maximum absolute atomic E-state index is 13.4. The quantitative estimate of drug-likeness (QED) is 0.363. The second-order valence-electron chi connectivity index (χ2n) is 13.5. The van der Waals surface area contributed by atoms with Gasteiger partial charge < -0.3 is 19.7 Å². The molecule has 230 valence electrons. The first-order valence-corrected chi connectivity index (χ1v) is 15.2. The number of rotatable bonds is 3. The summed E-state index contributed by atoms with van der Waals surface area (Å²) in [6.45, 7) is 15.0. The number of carbonyl (C=O) groups excluding carboxylic acids is 2. The van der Waals surface area contributed by atoms with Crippen molar-refractivity contribution in [2.24, 2.45) is 17.3 Å². The van der Waals surface area contributed by atoms with Crippen molar-refractivity contribution in [3.63, 3.8) is 0 Å². The van der Waals surface area contributed by atoms with Crippen molar-refractivity contribution in [3.05, 3.63) is 52.9 Å². The second kappa shape index (κ2) is 12.4. The van der Waals surface area contributed by atoms with E-state index in [1.54, 1.807) is 20.8 Å². The summed E-state index contributed by atoms with van der Waals surface area (Å²) in [4.78, 5) is 26.5. The Morgan fingerprint density at radius 3 is 2.52 bits per heavy atom. The van der Waals surface area contributed by atoms with Gasteiger partial charge in [-0.1, -0.05) is 51.8 Å². The number of carbonyl (C=O) groups is 2. The standard InChI is InChI=1S/C34H48N2O6/c1-20-11-12-26(22(3)16-20)36-15-13-25(35-36)17-23(4)27-18-29-34(8,42-29)14-9-10-21(2)31(39)24(5)32(40)33(6,7)28(37)19-30(38)41-27/h11-13,15-17,21,24,27-29,31,37,39H,9-10,14,18-19H2,1-8H3/b23-17+/t21-,24+,27-,28-,29-,31-,34+/m0/s1. The highest BCUT2D eigenvalue weighted by Gasteiger charge is 2.53. The minimum Gasteiger partial charge on any atom is -0.458 e. The number of epoxide rings is 1. The summed E-state index contributed by atoms with van der Waals surface area (Å²) in [6.07, 6.45) is 3.66. The van der Waals surface area contributed by atoms with E-state index in [4.69, 9.17) is 14.6 Å². The summed E-state index contributed by atoms with van der Waals surface area (Å²) >= 11 is 0. The van der Waals surface area contributed by atoms with Gasteiger partial charge in [-0.15, -0.1) is 0 Å². The Morgan fingerprint density at radius 1 is 1.12 bits per heavy atom. The molecule has 0 bridgehead atoms. The van der Waals surface area contributed by atoms with E-state index < -0.39 is 35.6 Å². The Balaban J connectivity index is 1.58. The number of cyclic esters (lactones) is 1. The Kier molecular flexibility index (Phi) is 9.50. The molecule has 0 aliphatic carbocycles. The normalized spacial score (nSPS) is 33.1. The van der Waals surface area contributed by atoms with Crippen LogP contribution in [0.25, 0.3) is 11.8 Å². The van der Waals surface area contributed by atoms with E-state index in [1.165, 1.54) is 5.56 Å². The number of hydrogen-bond donors (Lipinski definition) is 2. The lowest BCUT2D eigenvalue weighted by atomic mass is 9.73. The number of fused-ring (bicyclic) bond motifs is 1. The van der Waals surface area contributed by atoms with Crippen LogP contribution in [0.2, 0.25) is 0 Å². The third kappa shape index (κ3) is 7.04. The molecule has 2 aromatic rings. The summed E-state index contributed by atoms with van der Waals surface area (Å²) in [7, 11) is 0. The first-order valence-electron chi connectivity index (χ1n) is 15.2. The second-order valence-corrected chi connectivity index (χ2v) is 13.5. The Hall–Kier alpha value is -2.81. The summed E-state index contributed by atoms with van der Waals surface area (Å²) in [5.41, 5.74) is 3.32. The monoisotopic (exact) mass is 580 g/mol. The van der Waals surface area contributed by atoms with Crippen molar-refractivity contribution < 1.29 is 29.3 Å². The van der Waals surface area contributed by atoms with E-state index >= 15 is 0 Å². The fourth-order valence-corrected chi connectivity index (χ4v) is 6.23. The minimum atomic E-state index is -1.25. The number of Topliss-reactive ketones (excluding diaryl/α,β-unsaturated/α-hetero) is 1. The van der Waals surface area contributed by atoms with E-state index in [-0.39, 0.29) is 29.8 Å². The van der Waals surface area contributed by atoms with Crippen LogP contribution < -0.4 is 0 Å². The number of ketones is 1. The molecule has 0 amide bonds. The van der Waals surface area contributed by atoms with E-state index in [9.17, 15) is 19.8 Å². The largest absolute Gasteiger partial charge is 0.458 e. The molecule has 2 saturated heterocycles. The molecular formula is C34H48N2O6. The van der Waals surface area contributed by atoms with E-state index in [0.717, 1.165) is 41.8 Å². The number of aliphatic hydroxyl groups is 2. The molecule has 7 atom stereocenters. The number of ether oxygens (including phenoxy) is 2. The molecule has 1 aromatic heterocycles. The molecule has 2 N–H and O–H groups in total. The molecule has 8 heteroatoms. The Bertz CT molecular complexity index is 1330. The molecule has 4 rings (SSSR count). The smallest absolute Gasteiger partial charge is 0.309 e. The van der Waals surface area contributed by atoms with E-state index in [1.807, 2.05) is 42.9 Å². The van der Waals surface area contributed by atoms with E-state index in [2.05, 4.69) is 32.9 Å². The number of aliphatic hydroxyl groups excluding tert-OH is 2. The molecule has 0 unspecified atom stereocenters. The topological polar surface area (TPSA) is 114 Å². The SMILES string of the molecule is C/C(=C\c1ccn(-c2ccc(C)cc2C)n1)[C@@H]1C[C@@H]2O[C@]2(C)CCC[C@H](C)[C@H](O)[C@@H](C)C(=O)C(C)(C)[C@@H](O)CC(=O)O1. The van der Waals surface area contributed by atoms with Gasteiger partial charge in [0.25, 0.3) is 0 Å². The van der Waals surface area contributed by atoms with Gasteiger partial charge in [0.05, 0.1) is 47.1 Å². The van der Waals surface area contributed by atoms with Gasteiger partial charge in [0.1, 0.15) is 11.9 Å². The minimum absolute atomic E-state index is 0.0820. The van der Waals surface area contributed by atoms with Gasteiger partial charge >= 0.3 is 5.97 Å². The number of aromatic nitrogens is 2. The molecule has 3 heterocycles. The molecule has 2 aliphatic rings. The molecule has 42 heavy (non-hydrogen) atoms. The predicted molar refractivity (Wildman–Crippen MR) is 162 cm³/mol.